The normalized spacial score (nSPS) is 13.6. The smallest absolute Gasteiger partial charge is 0.314 e. The Morgan fingerprint density at radius 2 is 2.06 bits per heavy atom. The number of halogens is 4. The Balaban J connectivity index is 1.61. The Morgan fingerprint density at radius 1 is 1.27 bits per heavy atom. The van der Waals surface area contributed by atoms with Gasteiger partial charge in [0.05, 0.1) is 38.1 Å². The molecule has 1 aliphatic carbocycles. The van der Waals surface area contributed by atoms with Crippen LogP contribution < -0.4 is 4.74 Å². The summed E-state index contributed by atoms with van der Waals surface area (Å²) in [7, 11) is 0. The number of aromatic nitrogens is 3. The monoisotopic (exact) mass is 551 g/mol. The Bertz CT molecular complexity index is 1400. The molecular weight excluding hydrogens is 536 g/mol. The molecule has 10 heteroatoms. The Hall–Kier alpha value is -2.36. The molecule has 0 aliphatic heterocycles. The highest BCUT2D eigenvalue weighted by molar-refractivity contribution is 9.10. The van der Waals surface area contributed by atoms with E-state index in [1.807, 2.05) is 6.92 Å². The first-order valence-electron chi connectivity index (χ1n) is 10.3. The number of aryl methyl sites for hydroxylation is 1. The molecule has 0 spiro atoms. The molecule has 0 atom stereocenters. The van der Waals surface area contributed by atoms with Crippen molar-refractivity contribution in [2.75, 3.05) is 0 Å². The summed E-state index contributed by atoms with van der Waals surface area (Å²) in [5.74, 6) is -1.91. The molecule has 2 aromatic carbocycles. The summed E-state index contributed by atoms with van der Waals surface area (Å²) >= 11 is 10.8. The highest BCUT2D eigenvalue weighted by Crippen LogP contribution is 2.46. The van der Waals surface area contributed by atoms with Crippen molar-refractivity contribution in [3.05, 3.63) is 64.0 Å². The van der Waals surface area contributed by atoms with E-state index in [4.69, 9.17) is 16.3 Å². The van der Waals surface area contributed by atoms with Crippen LogP contribution in [0.15, 0.2) is 57.1 Å². The number of ether oxygens (including phenoxy) is 1. The molecule has 5 rings (SSSR count). The van der Waals surface area contributed by atoms with Gasteiger partial charge in [-0.2, -0.15) is 5.10 Å². The summed E-state index contributed by atoms with van der Waals surface area (Å²) in [5, 5.41) is 4.81. The zero-order valence-electron chi connectivity index (χ0n) is 17.3. The molecule has 1 aliphatic rings. The van der Waals surface area contributed by atoms with Gasteiger partial charge in [0.2, 0.25) is 0 Å². The van der Waals surface area contributed by atoms with E-state index in [2.05, 4.69) is 21.0 Å². The van der Waals surface area contributed by atoms with E-state index in [0.29, 0.717) is 27.1 Å². The fourth-order valence-corrected chi connectivity index (χ4v) is 5.50. The van der Waals surface area contributed by atoms with Crippen LogP contribution in [0.25, 0.3) is 16.6 Å². The molecule has 2 heterocycles. The van der Waals surface area contributed by atoms with Crippen LogP contribution in [0.2, 0.25) is 5.02 Å². The van der Waals surface area contributed by atoms with Gasteiger partial charge in [0, 0.05) is 18.1 Å². The lowest BCUT2D eigenvalue weighted by atomic mass is 10.2. The summed E-state index contributed by atoms with van der Waals surface area (Å²) in [4.78, 5) is 12.9. The number of esters is 1. The summed E-state index contributed by atoms with van der Waals surface area (Å²) in [6.07, 6.45) is 4.95. The van der Waals surface area contributed by atoms with E-state index in [1.165, 1.54) is 12.1 Å². The second kappa shape index (κ2) is 8.77. The molecule has 0 amide bonds. The maximum absolute atomic E-state index is 15.2. The van der Waals surface area contributed by atoms with Crippen molar-refractivity contribution < 1.29 is 18.3 Å². The zero-order valence-corrected chi connectivity index (χ0v) is 20.5. The van der Waals surface area contributed by atoms with Gasteiger partial charge in [0.1, 0.15) is 4.60 Å². The third-order valence-electron chi connectivity index (χ3n) is 5.38. The van der Waals surface area contributed by atoms with E-state index in [0.717, 1.165) is 24.6 Å². The molecule has 33 heavy (non-hydrogen) atoms. The third kappa shape index (κ3) is 4.06. The number of hydrogen-bond donors (Lipinski definition) is 0. The maximum atomic E-state index is 15.2. The van der Waals surface area contributed by atoms with Crippen LogP contribution in [0.1, 0.15) is 19.8 Å². The minimum atomic E-state index is -0.641. The largest absolute Gasteiger partial charge is 0.423 e. The van der Waals surface area contributed by atoms with Crippen molar-refractivity contribution in [3.63, 3.8) is 0 Å². The van der Waals surface area contributed by atoms with E-state index >= 15 is 8.78 Å². The second-order valence-corrected chi connectivity index (χ2v) is 9.84. The number of fused-ring (bicyclic) bond motifs is 1. The topological polar surface area (TPSA) is 49.0 Å². The van der Waals surface area contributed by atoms with Crippen LogP contribution in [0.3, 0.4) is 0 Å². The molecule has 170 valence electrons. The molecule has 5 nitrogen and oxygen atoms in total. The molecule has 0 N–H and O–H groups in total. The van der Waals surface area contributed by atoms with Crippen molar-refractivity contribution in [2.24, 2.45) is 5.92 Å². The van der Waals surface area contributed by atoms with Gasteiger partial charge in [-0.1, -0.05) is 29.4 Å². The first-order valence-corrected chi connectivity index (χ1v) is 12.3. The molecule has 1 fully saturated rings. The molecule has 2 aromatic heterocycles. The van der Waals surface area contributed by atoms with E-state index in [9.17, 15) is 4.79 Å². The maximum Gasteiger partial charge on any atom is 0.314 e. The van der Waals surface area contributed by atoms with Crippen molar-refractivity contribution >= 4 is 56.2 Å². The lowest BCUT2D eigenvalue weighted by Gasteiger charge is -2.09. The van der Waals surface area contributed by atoms with Crippen LogP contribution in [0.5, 0.6) is 5.75 Å². The van der Waals surface area contributed by atoms with Gasteiger partial charge < -0.3 is 4.74 Å². The lowest BCUT2D eigenvalue weighted by molar-refractivity contribution is -0.136. The number of carbonyl (C=O) groups excluding carboxylic acids is 1. The Kier molecular flexibility index (Phi) is 5.96. The van der Waals surface area contributed by atoms with Gasteiger partial charge in [-0.3, -0.25) is 14.0 Å². The van der Waals surface area contributed by atoms with Gasteiger partial charge in [-0.15, -0.1) is 0 Å². The summed E-state index contributed by atoms with van der Waals surface area (Å²) in [6, 6.07) is 7.81. The van der Waals surface area contributed by atoms with Crippen molar-refractivity contribution in [3.8, 4) is 11.4 Å². The van der Waals surface area contributed by atoms with Gasteiger partial charge in [-0.05, 0) is 60.0 Å². The lowest BCUT2D eigenvalue weighted by Crippen LogP contribution is -2.11. The van der Waals surface area contributed by atoms with Crippen LogP contribution >= 0.6 is 39.3 Å². The fourth-order valence-electron chi connectivity index (χ4n) is 3.50. The van der Waals surface area contributed by atoms with E-state index in [-0.39, 0.29) is 27.1 Å². The third-order valence-corrected chi connectivity index (χ3v) is 7.84. The number of hydrogen-bond acceptors (Lipinski definition) is 4. The number of rotatable bonds is 6. The Labute approximate surface area is 205 Å². The summed E-state index contributed by atoms with van der Waals surface area (Å²) in [6.45, 7) is 2.60. The molecule has 0 saturated heterocycles. The molecular formula is C23H17BrClF2N3O2S. The first-order chi connectivity index (χ1) is 15.9. The molecule has 1 saturated carbocycles. The van der Waals surface area contributed by atoms with Crippen LogP contribution in [-0.2, 0) is 11.3 Å². The SMILES string of the molecule is CCn1cc(-n2c(Br)c(Sc3cccc(OC(=O)C4CC4)c3F)c3ccc(Cl)c(F)c32)cn1. The Morgan fingerprint density at radius 3 is 2.76 bits per heavy atom. The standard InChI is InChI=1S/C23H17BrClF2N3O2S/c1-2-29-11-13(10-28-29)30-20-14(8-9-15(25)18(20)26)21(22(30)24)33-17-5-3-4-16(19(17)27)32-23(31)12-6-7-12/h3-5,8-12H,2,6-7H2,1H3. The highest BCUT2D eigenvalue weighted by atomic mass is 79.9. The predicted octanol–water partition coefficient (Wildman–Crippen LogP) is 7.01. The van der Waals surface area contributed by atoms with Crippen molar-refractivity contribution in [2.45, 2.75) is 36.1 Å². The molecule has 0 bridgehead atoms. The second-order valence-electron chi connectivity index (χ2n) is 7.63. The van der Waals surface area contributed by atoms with Crippen molar-refractivity contribution in [1.29, 1.82) is 0 Å². The number of benzene rings is 2. The molecule has 0 unspecified atom stereocenters. The predicted molar refractivity (Wildman–Crippen MR) is 126 cm³/mol. The minimum absolute atomic E-state index is 0.0200. The van der Waals surface area contributed by atoms with E-state index < -0.39 is 17.6 Å². The van der Waals surface area contributed by atoms with E-state index in [1.54, 1.807) is 39.8 Å². The quantitative estimate of drug-likeness (QED) is 0.191. The average Bonchev–Trinajstić information content (AvgIpc) is 3.49. The van der Waals surface area contributed by atoms with Gasteiger partial charge in [0.15, 0.2) is 17.4 Å². The van der Waals surface area contributed by atoms with Crippen LogP contribution in [-0.4, -0.2) is 20.3 Å². The molecule has 0 radical (unpaired) electrons. The van der Waals surface area contributed by atoms with Gasteiger partial charge >= 0.3 is 5.97 Å². The van der Waals surface area contributed by atoms with Gasteiger partial charge in [-0.25, -0.2) is 8.78 Å². The molecule has 4 aromatic rings. The van der Waals surface area contributed by atoms with Crippen molar-refractivity contribution in [1.82, 2.24) is 14.3 Å². The van der Waals surface area contributed by atoms with Gasteiger partial charge in [0.25, 0.3) is 0 Å². The summed E-state index contributed by atoms with van der Waals surface area (Å²) < 4.78 is 39.6. The number of nitrogens with zero attached hydrogens (tertiary/aromatic N) is 3. The van der Waals surface area contributed by atoms with Crippen LogP contribution in [0, 0.1) is 17.6 Å². The van der Waals surface area contributed by atoms with Crippen LogP contribution in [0.4, 0.5) is 8.78 Å². The zero-order chi connectivity index (χ0) is 23.3. The minimum Gasteiger partial charge on any atom is -0.423 e. The average molecular weight is 553 g/mol. The fraction of sp³-hybridized carbons (Fsp3) is 0.217. The number of carbonyl (C=O) groups is 1. The summed E-state index contributed by atoms with van der Waals surface area (Å²) in [5.41, 5.74) is 0.888. The first kappa shape index (κ1) is 22.4. The highest BCUT2D eigenvalue weighted by Gasteiger charge is 2.32.